The van der Waals surface area contributed by atoms with Gasteiger partial charge >= 0.3 is 6.03 Å². The van der Waals surface area contributed by atoms with Crippen molar-refractivity contribution in [3.63, 3.8) is 0 Å². The number of piperazine rings is 1. The molecule has 2 saturated heterocycles. The van der Waals surface area contributed by atoms with Crippen molar-refractivity contribution in [1.29, 1.82) is 5.26 Å². The van der Waals surface area contributed by atoms with E-state index in [9.17, 15) is 14.9 Å². The van der Waals surface area contributed by atoms with Crippen LogP contribution in [0.4, 0.5) is 10.5 Å². The van der Waals surface area contributed by atoms with Gasteiger partial charge in [-0.25, -0.2) is 4.79 Å². The molecule has 3 heterocycles. The molecule has 0 unspecified atom stereocenters. The zero-order valence-corrected chi connectivity index (χ0v) is 20.9. The van der Waals surface area contributed by atoms with Gasteiger partial charge in [0.1, 0.15) is 0 Å². The van der Waals surface area contributed by atoms with Crippen LogP contribution in [-0.4, -0.2) is 70.4 Å². The summed E-state index contributed by atoms with van der Waals surface area (Å²) in [6, 6.07) is 9.66. The van der Waals surface area contributed by atoms with Crippen molar-refractivity contribution in [3.8, 4) is 6.07 Å². The number of nitriles is 1. The molecule has 1 aromatic heterocycles. The first-order valence-electron chi connectivity index (χ1n) is 12.4. The Morgan fingerprint density at radius 3 is 2.54 bits per heavy atom. The number of benzene rings is 1. The van der Waals surface area contributed by atoms with Gasteiger partial charge in [-0.15, -0.1) is 0 Å². The number of carbonyl (C=O) groups excluding carboxylic acids is 2. The normalized spacial score (nSPS) is 18.7. The van der Waals surface area contributed by atoms with Crippen LogP contribution < -0.4 is 5.32 Å². The average molecular weight is 475 g/mol. The van der Waals surface area contributed by atoms with Gasteiger partial charge in [0.15, 0.2) is 0 Å². The van der Waals surface area contributed by atoms with Crippen molar-refractivity contribution in [3.05, 3.63) is 58.4 Å². The summed E-state index contributed by atoms with van der Waals surface area (Å²) in [4.78, 5) is 36.3. The predicted octanol–water partition coefficient (Wildman–Crippen LogP) is 3.93. The van der Waals surface area contributed by atoms with E-state index in [2.05, 4.69) is 28.2 Å². The van der Waals surface area contributed by atoms with Crippen molar-refractivity contribution in [2.45, 2.75) is 52.6 Å². The number of piperidine rings is 1. The molecule has 35 heavy (non-hydrogen) atoms. The number of urea groups is 1. The second kappa shape index (κ2) is 10.9. The molecule has 2 fully saturated rings. The highest BCUT2D eigenvalue weighted by Crippen LogP contribution is 2.25. The maximum absolute atomic E-state index is 13.0. The number of aryl methyl sites for hydroxylation is 1. The number of carbonyl (C=O) groups is 2. The van der Waals surface area contributed by atoms with Crippen molar-refractivity contribution < 1.29 is 9.59 Å². The zero-order valence-electron chi connectivity index (χ0n) is 20.9. The molecular weight excluding hydrogens is 440 g/mol. The Labute approximate surface area is 207 Å². The molecular formula is C27H34N6O2. The summed E-state index contributed by atoms with van der Waals surface area (Å²) in [6.45, 7) is 10.6. The van der Waals surface area contributed by atoms with Gasteiger partial charge in [-0.1, -0.05) is 0 Å². The molecule has 1 atom stereocenters. The third kappa shape index (κ3) is 5.80. The number of anilines is 1. The maximum Gasteiger partial charge on any atom is 0.320 e. The molecule has 0 radical (unpaired) electrons. The van der Waals surface area contributed by atoms with E-state index in [4.69, 9.17) is 0 Å². The van der Waals surface area contributed by atoms with Crippen molar-refractivity contribution in [1.82, 2.24) is 19.7 Å². The molecule has 2 aliphatic heterocycles. The Hall–Kier alpha value is -3.44. The Balaban J connectivity index is 1.44. The Morgan fingerprint density at radius 1 is 1.11 bits per heavy atom. The van der Waals surface area contributed by atoms with Crippen LogP contribution in [0.25, 0.3) is 0 Å². The molecule has 0 spiro atoms. The van der Waals surface area contributed by atoms with Gasteiger partial charge in [0.05, 0.1) is 17.2 Å². The first-order valence-corrected chi connectivity index (χ1v) is 12.4. The van der Waals surface area contributed by atoms with Gasteiger partial charge in [-0.3, -0.25) is 14.7 Å². The first kappa shape index (κ1) is 24.7. The number of aromatic nitrogens is 1. The van der Waals surface area contributed by atoms with Crippen LogP contribution >= 0.6 is 0 Å². The third-order valence-electron chi connectivity index (χ3n) is 7.04. The minimum atomic E-state index is -0.250. The quantitative estimate of drug-likeness (QED) is 0.725. The van der Waals surface area contributed by atoms with Gasteiger partial charge in [0.2, 0.25) is 0 Å². The zero-order chi connectivity index (χ0) is 24.9. The van der Waals surface area contributed by atoms with Gasteiger partial charge in [0, 0.05) is 62.9 Å². The molecule has 1 aromatic carbocycles. The number of nitrogens with one attached hydrogen (secondary N) is 1. The lowest BCUT2D eigenvalue weighted by Gasteiger charge is -2.42. The van der Waals surface area contributed by atoms with Crippen LogP contribution in [0.5, 0.6) is 0 Å². The van der Waals surface area contributed by atoms with Crippen molar-refractivity contribution >= 4 is 17.6 Å². The Kier molecular flexibility index (Phi) is 7.67. The summed E-state index contributed by atoms with van der Waals surface area (Å²) in [5.74, 6) is -0.250. The van der Waals surface area contributed by atoms with Crippen LogP contribution in [0.2, 0.25) is 0 Å². The van der Waals surface area contributed by atoms with E-state index in [1.807, 2.05) is 29.7 Å². The summed E-state index contributed by atoms with van der Waals surface area (Å²) in [5.41, 5.74) is 4.41. The number of amides is 3. The van der Waals surface area contributed by atoms with Crippen molar-refractivity contribution in [2.24, 2.45) is 0 Å². The predicted molar refractivity (Wildman–Crippen MR) is 135 cm³/mol. The number of likely N-dealkylation sites (tertiary alicyclic amines) is 1. The van der Waals surface area contributed by atoms with Gasteiger partial charge < -0.3 is 15.1 Å². The number of hydrogen-bond donors (Lipinski definition) is 1. The highest BCUT2D eigenvalue weighted by Gasteiger charge is 2.31. The molecule has 2 aliphatic rings. The molecule has 4 rings (SSSR count). The smallest absolute Gasteiger partial charge is 0.320 e. The van der Waals surface area contributed by atoms with Crippen LogP contribution in [0.1, 0.15) is 58.9 Å². The molecule has 8 nitrogen and oxygen atoms in total. The molecule has 8 heteroatoms. The minimum absolute atomic E-state index is 0.117. The fraction of sp³-hybridized carbons (Fsp3) is 0.481. The van der Waals surface area contributed by atoms with Crippen LogP contribution in [0.15, 0.2) is 30.5 Å². The minimum Gasteiger partial charge on any atom is -0.325 e. The summed E-state index contributed by atoms with van der Waals surface area (Å²) in [7, 11) is 0. The van der Waals surface area contributed by atoms with Crippen LogP contribution in [0, 0.1) is 25.2 Å². The summed E-state index contributed by atoms with van der Waals surface area (Å²) >= 11 is 0. The second-order valence-electron chi connectivity index (χ2n) is 9.67. The van der Waals surface area contributed by atoms with Gasteiger partial charge in [-0.2, -0.15) is 5.26 Å². The topological polar surface area (TPSA) is 92.6 Å². The van der Waals surface area contributed by atoms with E-state index in [-0.39, 0.29) is 18.0 Å². The molecule has 1 N–H and O–H groups in total. The van der Waals surface area contributed by atoms with E-state index in [1.54, 1.807) is 24.4 Å². The fourth-order valence-corrected chi connectivity index (χ4v) is 4.90. The van der Waals surface area contributed by atoms with Gasteiger partial charge in [0.25, 0.3) is 5.91 Å². The third-order valence-corrected chi connectivity index (χ3v) is 7.04. The summed E-state index contributed by atoms with van der Waals surface area (Å²) < 4.78 is 0. The van der Waals surface area contributed by atoms with Crippen molar-refractivity contribution in [2.75, 3.05) is 38.0 Å². The number of hydrogen-bond acceptors (Lipinski definition) is 5. The lowest BCUT2D eigenvalue weighted by molar-refractivity contribution is 0.0740. The van der Waals surface area contributed by atoms with E-state index < -0.39 is 0 Å². The number of pyridine rings is 1. The highest BCUT2D eigenvalue weighted by atomic mass is 16.2. The fourth-order valence-electron chi connectivity index (χ4n) is 4.90. The molecule has 3 amide bonds. The lowest BCUT2D eigenvalue weighted by atomic mass is 10.0. The Bertz CT molecular complexity index is 1120. The van der Waals surface area contributed by atoms with E-state index in [0.717, 1.165) is 55.8 Å². The average Bonchev–Trinajstić information content (AvgIpc) is 2.87. The lowest BCUT2D eigenvalue weighted by Crippen LogP contribution is -2.57. The standard InChI is InChI=1S/C27H34N6O2/c1-19-7-8-23(16-29-19)26(34)30-25-14-22(15-28)13-24(21(25)3)18-31-11-12-33(20(2)17-31)27(35)32-9-5-4-6-10-32/h7-8,13-14,16,20H,4-6,9-12,17-18H2,1-3H3,(H,30,34)/t20-/m0/s1. The second-order valence-corrected chi connectivity index (χ2v) is 9.67. The SMILES string of the molecule is Cc1ccc(C(=O)Nc2cc(C#N)cc(CN3CCN(C(=O)N4CCCCC4)[C@@H](C)C3)c2C)cn1. The van der Waals surface area contributed by atoms with Crippen LogP contribution in [-0.2, 0) is 6.54 Å². The summed E-state index contributed by atoms with van der Waals surface area (Å²) in [6.07, 6.45) is 4.95. The van der Waals surface area contributed by atoms with E-state index in [0.29, 0.717) is 29.9 Å². The summed E-state index contributed by atoms with van der Waals surface area (Å²) in [5, 5.41) is 12.5. The highest BCUT2D eigenvalue weighted by molar-refractivity contribution is 6.04. The number of rotatable bonds is 4. The van der Waals surface area contributed by atoms with E-state index in [1.165, 1.54) is 6.42 Å². The van der Waals surface area contributed by atoms with E-state index >= 15 is 0 Å². The molecule has 2 aromatic rings. The van der Waals surface area contributed by atoms with Gasteiger partial charge in [-0.05, 0) is 75.4 Å². The Morgan fingerprint density at radius 2 is 1.89 bits per heavy atom. The van der Waals surface area contributed by atoms with Crippen LogP contribution in [0.3, 0.4) is 0 Å². The monoisotopic (exact) mass is 474 g/mol. The number of nitrogens with zero attached hydrogens (tertiary/aromatic N) is 5. The largest absolute Gasteiger partial charge is 0.325 e. The first-order chi connectivity index (χ1) is 16.9. The molecule has 0 saturated carbocycles. The maximum atomic E-state index is 13.0. The molecule has 0 bridgehead atoms. The molecule has 184 valence electrons. The molecule has 0 aliphatic carbocycles.